The van der Waals surface area contributed by atoms with Crippen molar-refractivity contribution in [3.8, 4) is 16.8 Å². The molecule has 41 heavy (non-hydrogen) atoms. The topological polar surface area (TPSA) is 72.3 Å². The Kier molecular flexibility index (Phi) is 7.45. The van der Waals surface area contributed by atoms with Crippen molar-refractivity contribution >= 4 is 20.9 Å². The average Bonchev–Trinajstić information content (AvgIpc) is 2.96. The molecule has 1 aromatic heterocycles. The van der Waals surface area contributed by atoms with E-state index in [0.717, 1.165) is 22.3 Å². The number of nitrogens with zero attached hydrogens (tertiary/aromatic N) is 3. The lowest BCUT2D eigenvalue weighted by Crippen LogP contribution is -2.35. The molecule has 210 valence electrons. The Bertz CT molecular complexity index is 1890. The number of hydrogen-bond donors (Lipinski definition) is 0. The maximum absolute atomic E-state index is 13.9. The highest BCUT2D eigenvalue weighted by molar-refractivity contribution is 7.89. The molecule has 0 N–H and O–H groups in total. The first-order valence-electron chi connectivity index (χ1n) is 13.7. The second-order valence-corrected chi connectivity index (χ2v) is 13.5. The highest BCUT2D eigenvalue weighted by Gasteiger charge is 2.30. The van der Waals surface area contributed by atoms with Gasteiger partial charge < -0.3 is 0 Å². The second-order valence-electron chi connectivity index (χ2n) is 11.5. The molecule has 0 bridgehead atoms. The van der Waals surface area contributed by atoms with Crippen molar-refractivity contribution in [2.75, 3.05) is 7.05 Å². The molecule has 5 aromatic rings. The molecular formula is C34H35N3O3S. The van der Waals surface area contributed by atoms with Gasteiger partial charge in [0.1, 0.15) is 5.82 Å². The van der Waals surface area contributed by atoms with E-state index in [0.29, 0.717) is 22.4 Å². The van der Waals surface area contributed by atoms with Crippen LogP contribution in [0, 0.1) is 6.92 Å². The molecule has 0 saturated carbocycles. The highest BCUT2D eigenvalue weighted by atomic mass is 32.2. The van der Waals surface area contributed by atoms with Crippen LogP contribution in [0.3, 0.4) is 0 Å². The number of aryl methyl sites for hydroxylation is 1. The molecule has 4 aromatic carbocycles. The number of rotatable bonds is 6. The van der Waals surface area contributed by atoms with Crippen LogP contribution in [0.1, 0.15) is 50.7 Å². The fraction of sp³-hybridized carbons (Fsp3) is 0.235. The summed E-state index contributed by atoms with van der Waals surface area (Å²) >= 11 is 0. The molecule has 1 heterocycles. The van der Waals surface area contributed by atoms with E-state index in [1.807, 2.05) is 54.6 Å². The molecule has 0 aliphatic heterocycles. The first kappa shape index (κ1) is 28.5. The van der Waals surface area contributed by atoms with Gasteiger partial charge in [0.25, 0.3) is 5.56 Å². The van der Waals surface area contributed by atoms with Gasteiger partial charge in [-0.3, -0.25) is 9.36 Å². The Hall–Kier alpha value is -4.07. The van der Waals surface area contributed by atoms with Gasteiger partial charge in [0.05, 0.1) is 27.5 Å². The van der Waals surface area contributed by atoms with Gasteiger partial charge in [-0.2, -0.15) is 4.31 Å². The summed E-state index contributed by atoms with van der Waals surface area (Å²) in [6, 6.07) is 29.3. The normalized spacial score (nSPS) is 13.0. The van der Waals surface area contributed by atoms with Gasteiger partial charge in [-0.15, -0.1) is 0 Å². The van der Waals surface area contributed by atoms with E-state index < -0.39 is 16.1 Å². The molecule has 0 saturated heterocycles. The van der Waals surface area contributed by atoms with Gasteiger partial charge in [0.2, 0.25) is 10.0 Å². The summed E-state index contributed by atoms with van der Waals surface area (Å²) in [5, 5.41) is 0.467. The molecule has 0 aliphatic carbocycles. The Morgan fingerprint density at radius 2 is 1.49 bits per heavy atom. The summed E-state index contributed by atoms with van der Waals surface area (Å²) in [7, 11) is -2.35. The summed E-state index contributed by atoms with van der Waals surface area (Å²) in [6.07, 6.45) is 0. The predicted molar refractivity (Wildman–Crippen MR) is 166 cm³/mol. The van der Waals surface area contributed by atoms with Gasteiger partial charge in [0, 0.05) is 7.05 Å². The van der Waals surface area contributed by atoms with Crippen molar-refractivity contribution < 1.29 is 8.42 Å². The predicted octanol–water partition coefficient (Wildman–Crippen LogP) is 7.04. The van der Waals surface area contributed by atoms with Crippen molar-refractivity contribution in [3.05, 3.63) is 124 Å². The molecule has 1 unspecified atom stereocenters. The number of benzene rings is 4. The van der Waals surface area contributed by atoms with Gasteiger partial charge in [0.15, 0.2) is 0 Å². The van der Waals surface area contributed by atoms with Crippen LogP contribution in [0.25, 0.3) is 27.7 Å². The zero-order valence-corrected chi connectivity index (χ0v) is 25.1. The van der Waals surface area contributed by atoms with Gasteiger partial charge in [-0.25, -0.2) is 13.4 Å². The van der Waals surface area contributed by atoms with Crippen LogP contribution in [-0.2, 0) is 15.4 Å². The van der Waals surface area contributed by atoms with Crippen LogP contribution in [0.4, 0.5) is 0 Å². The number of hydrogen-bond acceptors (Lipinski definition) is 4. The lowest BCUT2D eigenvalue weighted by atomic mass is 9.87. The molecular weight excluding hydrogens is 530 g/mol. The minimum Gasteiger partial charge on any atom is -0.268 e. The first-order chi connectivity index (χ1) is 19.4. The Balaban J connectivity index is 1.60. The Morgan fingerprint density at radius 1 is 0.829 bits per heavy atom. The largest absolute Gasteiger partial charge is 0.268 e. The second kappa shape index (κ2) is 10.7. The summed E-state index contributed by atoms with van der Waals surface area (Å²) in [5.74, 6) is 0.342. The molecule has 1 atom stereocenters. The standard InChI is InChI=1S/C34H35N3O3S/c1-23-10-9-11-26(22-23)25-14-18-28(19-15-25)37-32(35-31-13-8-7-12-30(31)33(37)38)24(2)36(6)41(39,40)29-20-16-27(17-21-29)34(3,4)5/h7-22,24H,1-6H3. The molecule has 0 amide bonds. The van der Waals surface area contributed by atoms with Crippen LogP contribution in [0.2, 0.25) is 0 Å². The lowest BCUT2D eigenvalue weighted by molar-refractivity contribution is 0.379. The quantitative estimate of drug-likeness (QED) is 0.221. The fourth-order valence-corrected chi connectivity index (χ4v) is 6.29. The zero-order chi connectivity index (χ0) is 29.5. The van der Waals surface area contributed by atoms with E-state index in [4.69, 9.17) is 4.98 Å². The summed E-state index contributed by atoms with van der Waals surface area (Å²) in [4.78, 5) is 18.9. The van der Waals surface area contributed by atoms with Crippen molar-refractivity contribution in [1.29, 1.82) is 0 Å². The average molecular weight is 566 g/mol. The van der Waals surface area contributed by atoms with Crippen molar-refractivity contribution in [2.45, 2.75) is 51.0 Å². The monoisotopic (exact) mass is 565 g/mol. The van der Waals surface area contributed by atoms with E-state index in [9.17, 15) is 13.2 Å². The SMILES string of the molecule is Cc1cccc(-c2ccc(-n3c(C(C)N(C)S(=O)(=O)c4ccc(C(C)(C)C)cc4)nc4ccccc4c3=O)cc2)c1. The van der Waals surface area contributed by atoms with Crippen molar-refractivity contribution in [3.63, 3.8) is 0 Å². The van der Waals surface area contributed by atoms with Gasteiger partial charge in [-0.1, -0.05) is 87.0 Å². The third-order valence-corrected chi connectivity index (χ3v) is 9.54. The van der Waals surface area contributed by atoms with Crippen LogP contribution in [-0.4, -0.2) is 29.3 Å². The lowest BCUT2D eigenvalue weighted by Gasteiger charge is -2.27. The molecule has 7 heteroatoms. The van der Waals surface area contributed by atoms with E-state index in [1.165, 1.54) is 15.9 Å². The van der Waals surface area contributed by atoms with Crippen LogP contribution < -0.4 is 5.56 Å². The maximum atomic E-state index is 13.9. The number of para-hydroxylation sites is 1. The Morgan fingerprint density at radius 3 is 2.12 bits per heavy atom. The van der Waals surface area contributed by atoms with Crippen molar-refractivity contribution in [2.24, 2.45) is 0 Å². The summed E-state index contributed by atoms with van der Waals surface area (Å²) in [5.41, 5.74) is 5.10. The minimum absolute atomic E-state index is 0.0958. The number of sulfonamides is 1. The number of aromatic nitrogens is 2. The van der Waals surface area contributed by atoms with Crippen LogP contribution >= 0.6 is 0 Å². The van der Waals surface area contributed by atoms with Crippen LogP contribution in [0.15, 0.2) is 107 Å². The molecule has 0 fully saturated rings. The number of fused-ring (bicyclic) bond motifs is 1. The maximum Gasteiger partial charge on any atom is 0.266 e. The third kappa shape index (κ3) is 5.47. The van der Waals surface area contributed by atoms with Gasteiger partial charge >= 0.3 is 0 Å². The smallest absolute Gasteiger partial charge is 0.266 e. The molecule has 0 aliphatic rings. The molecule has 0 radical (unpaired) electrons. The summed E-state index contributed by atoms with van der Waals surface area (Å²) in [6.45, 7) is 10.1. The van der Waals surface area contributed by atoms with E-state index in [1.54, 1.807) is 37.3 Å². The van der Waals surface area contributed by atoms with E-state index in [2.05, 4.69) is 39.8 Å². The zero-order valence-electron chi connectivity index (χ0n) is 24.3. The first-order valence-corrected chi connectivity index (χ1v) is 15.1. The fourth-order valence-electron chi connectivity index (χ4n) is 4.97. The molecule has 0 spiro atoms. The van der Waals surface area contributed by atoms with E-state index in [-0.39, 0.29) is 15.9 Å². The molecule has 5 rings (SSSR count). The summed E-state index contributed by atoms with van der Waals surface area (Å²) < 4.78 is 30.3. The van der Waals surface area contributed by atoms with E-state index >= 15 is 0 Å². The third-order valence-electron chi connectivity index (χ3n) is 7.59. The Labute approximate surface area is 242 Å². The van der Waals surface area contributed by atoms with Crippen molar-refractivity contribution in [1.82, 2.24) is 13.9 Å². The van der Waals surface area contributed by atoms with Crippen LogP contribution in [0.5, 0.6) is 0 Å². The van der Waals surface area contributed by atoms with Gasteiger partial charge in [-0.05, 0) is 72.4 Å². The highest BCUT2D eigenvalue weighted by Crippen LogP contribution is 2.30. The minimum atomic E-state index is -3.88. The molecule has 6 nitrogen and oxygen atoms in total.